The molecule has 0 fully saturated rings. The predicted molar refractivity (Wildman–Crippen MR) is 82.7 cm³/mol. The average molecular weight is 292 g/mol. The topological polar surface area (TPSA) is 50.5 Å². The standard InChI is InChI=1S/C17H16N4O/c22-16(15-12-21-9-3-8-18-17(21)19-15)20-10-6-13-4-1-2-5-14(13)7-11-20/h1-5,8-9,12H,6-7,10-11H2. The van der Waals surface area contributed by atoms with Crippen molar-refractivity contribution in [1.29, 1.82) is 0 Å². The van der Waals surface area contributed by atoms with E-state index in [1.807, 2.05) is 17.2 Å². The molecule has 110 valence electrons. The summed E-state index contributed by atoms with van der Waals surface area (Å²) in [5.41, 5.74) is 3.15. The number of nitrogens with zero attached hydrogens (tertiary/aromatic N) is 4. The second-order valence-electron chi connectivity index (χ2n) is 5.51. The van der Waals surface area contributed by atoms with E-state index in [1.165, 1.54) is 11.1 Å². The van der Waals surface area contributed by atoms with Gasteiger partial charge in [0.05, 0.1) is 0 Å². The average Bonchev–Trinajstić information content (AvgIpc) is 2.87. The van der Waals surface area contributed by atoms with E-state index in [1.54, 1.807) is 16.8 Å². The lowest BCUT2D eigenvalue weighted by atomic mass is 10.0. The molecule has 3 heterocycles. The summed E-state index contributed by atoms with van der Waals surface area (Å²) in [4.78, 5) is 23.1. The second-order valence-corrected chi connectivity index (χ2v) is 5.51. The number of hydrogen-bond acceptors (Lipinski definition) is 3. The Kier molecular flexibility index (Phi) is 3.11. The van der Waals surface area contributed by atoms with Gasteiger partial charge in [0.15, 0.2) is 0 Å². The molecule has 1 amide bonds. The molecule has 5 nitrogen and oxygen atoms in total. The predicted octanol–water partition coefficient (Wildman–Crippen LogP) is 1.97. The Bertz CT molecular complexity index is 779. The van der Waals surface area contributed by atoms with E-state index in [4.69, 9.17) is 0 Å². The zero-order chi connectivity index (χ0) is 14.9. The Morgan fingerprint density at radius 3 is 2.45 bits per heavy atom. The monoisotopic (exact) mass is 292 g/mol. The second kappa shape index (κ2) is 5.26. The number of aromatic nitrogens is 3. The largest absolute Gasteiger partial charge is 0.337 e. The Hall–Kier alpha value is -2.69. The molecule has 0 unspecified atom stereocenters. The molecule has 1 aliphatic rings. The van der Waals surface area contributed by atoms with Crippen LogP contribution in [-0.4, -0.2) is 38.3 Å². The number of benzene rings is 1. The lowest BCUT2D eigenvalue weighted by molar-refractivity contribution is 0.0758. The molecule has 1 aliphatic heterocycles. The number of amides is 1. The summed E-state index contributed by atoms with van der Waals surface area (Å²) in [6, 6.07) is 10.2. The van der Waals surface area contributed by atoms with Gasteiger partial charge in [0.25, 0.3) is 5.91 Å². The van der Waals surface area contributed by atoms with Crippen LogP contribution in [0.5, 0.6) is 0 Å². The molecule has 0 spiro atoms. The van der Waals surface area contributed by atoms with E-state index in [2.05, 4.69) is 34.2 Å². The van der Waals surface area contributed by atoms with E-state index in [-0.39, 0.29) is 5.91 Å². The Balaban J connectivity index is 1.58. The van der Waals surface area contributed by atoms with Gasteiger partial charge in [-0.1, -0.05) is 24.3 Å². The van der Waals surface area contributed by atoms with Gasteiger partial charge in [0, 0.05) is 31.7 Å². The van der Waals surface area contributed by atoms with Crippen LogP contribution in [0.4, 0.5) is 0 Å². The first kappa shape index (κ1) is 13.0. The highest BCUT2D eigenvalue weighted by Crippen LogP contribution is 2.17. The van der Waals surface area contributed by atoms with Crippen LogP contribution in [0.25, 0.3) is 5.78 Å². The Labute approximate surface area is 128 Å². The van der Waals surface area contributed by atoms with E-state index in [0.29, 0.717) is 11.5 Å². The van der Waals surface area contributed by atoms with Crippen molar-refractivity contribution in [3.63, 3.8) is 0 Å². The van der Waals surface area contributed by atoms with Crippen LogP contribution in [0.1, 0.15) is 21.6 Å². The van der Waals surface area contributed by atoms with Gasteiger partial charge in [-0.05, 0) is 30.0 Å². The van der Waals surface area contributed by atoms with Crippen LogP contribution in [-0.2, 0) is 12.8 Å². The van der Waals surface area contributed by atoms with Crippen LogP contribution in [0.3, 0.4) is 0 Å². The summed E-state index contributed by atoms with van der Waals surface area (Å²) in [5.74, 6) is 0.544. The normalized spacial score (nSPS) is 14.6. The first-order valence-corrected chi connectivity index (χ1v) is 7.47. The maximum absolute atomic E-state index is 12.7. The number of carbonyl (C=O) groups excluding carboxylic acids is 1. The molecule has 22 heavy (non-hydrogen) atoms. The van der Waals surface area contributed by atoms with Crippen LogP contribution >= 0.6 is 0 Å². The number of carbonyl (C=O) groups is 1. The number of hydrogen-bond donors (Lipinski definition) is 0. The minimum atomic E-state index is -0.0155. The summed E-state index contributed by atoms with van der Waals surface area (Å²) in [5, 5.41) is 0. The maximum atomic E-state index is 12.7. The van der Waals surface area contributed by atoms with Gasteiger partial charge in [-0.15, -0.1) is 0 Å². The summed E-state index contributed by atoms with van der Waals surface area (Å²) in [7, 11) is 0. The van der Waals surface area contributed by atoms with E-state index < -0.39 is 0 Å². The van der Waals surface area contributed by atoms with Crippen molar-refractivity contribution in [2.75, 3.05) is 13.1 Å². The third-order valence-electron chi connectivity index (χ3n) is 4.16. The molecule has 1 aromatic carbocycles. The fourth-order valence-corrected chi connectivity index (χ4v) is 2.97. The smallest absolute Gasteiger partial charge is 0.274 e. The highest BCUT2D eigenvalue weighted by atomic mass is 16.2. The van der Waals surface area contributed by atoms with Crippen LogP contribution in [0.15, 0.2) is 48.9 Å². The molecule has 5 heteroatoms. The van der Waals surface area contributed by atoms with Gasteiger partial charge in [0.1, 0.15) is 5.69 Å². The first-order chi connectivity index (χ1) is 10.8. The van der Waals surface area contributed by atoms with Crippen molar-refractivity contribution in [2.45, 2.75) is 12.8 Å². The highest BCUT2D eigenvalue weighted by Gasteiger charge is 2.21. The van der Waals surface area contributed by atoms with E-state index in [9.17, 15) is 4.79 Å². The lowest BCUT2D eigenvalue weighted by Gasteiger charge is -2.18. The van der Waals surface area contributed by atoms with Gasteiger partial charge >= 0.3 is 0 Å². The quantitative estimate of drug-likeness (QED) is 0.689. The zero-order valence-electron chi connectivity index (χ0n) is 12.1. The third-order valence-corrected chi connectivity index (χ3v) is 4.16. The number of fused-ring (bicyclic) bond motifs is 2. The van der Waals surface area contributed by atoms with Gasteiger partial charge in [-0.25, -0.2) is 9.97 Å². The van der Waals surface area contributed by atoms with Crippen molar-refractivity contribution in [3.8, 4) is 0 Å². The first-order valence-electron chi connectivity index (χ1n) is 7.47. The van der Waals surface area contributed by atoms with Gasteiger partial charge in [-0.3, -0.25) is 9.20 Å². The van der Waals surface area contributed by atoms with Crippen LogP contribution in [0.2, 0.25) is 0 Å². The van der Waals surface area contributed by atoms with Crippen molar-refractivity contribution >= 4 is 11.7 Å². The molecule has 4 rings (SSSR count). The molecule has 0 aliphatic carbocycles. The van der Waals surface area contributed by atoms with Crippen LogP contribution < -0.4 is 0 Å². The highest BCUT2D eigenvalue weighted by molar-refractivity contribution is 5.92. The number of rotatable bonds is 1. The van der Waals surface area contributed by atoms with Crippen molar-refractivity contribution in [3.05, 3.63) is 65.7 Å². The maximum Gasteiger partial charge on any atom is 0.274 e. The SMILES string of the molecule is O=C(c1cn2cccnc2n1)N1CCc2ccccc2CC1. The molecule has 0 N–H and O–H groups in total. The van der Waals surface area contributed by atoms with Gasteiger partial charge in [0.2, 0.25) is 5.78 Å². The fraction of sp³-hybridized carbons (Fsp3) is 0.235. The Morgan fingerprint density at radius 1 is 1.05 bits per heavy atom. The van der Waals surface area contributed by atoms with Gasteiger partial charge < -0.3 is 4.90 Å². The van der Waals surface area contributed by atoms with Crippen LogP contribution in [0, 0.1) is 0 Å². The summed E-state index contributed by atoms with van der Waals surface area (Å²) >= 11 is 0. The molecule has 0 bridgehead atoms. The molecular formula is C17H16N4O. The molecule has 0 saturated carbocycles. The van der Waals surface area contributed by atoms with E-state index >= 15 is 0 Å². The van der Waals surface area contributed by atoms with Crippen molar-refractivity contribution < 1.29 is 4.79 Å². The Morgan fingerprint density at radius 2 is 1.77 bits per heavy atom. The molecule has 0 radical (unpaired) electrons. The van der Waals surface area contributed by atoms with Crippen molar-refractivity contribution in [1.82, 2.24) is 19.3 Å². The summed E-state index contributed by atoms with van der Waals surface area (Å²) in [6.45, 7) is 1.47. The zero-order valence-corrected chi connectivity index (χ0v) is 12.1. The molecular weight excluding hydrogens is 276 g/mol. The summed E-state index contributed by atoms with van der Waals surface area (Å²) < 4.78 is 1.78. The molecule has 3 aromatic rings. The third kappa shape index (κ3) is 2.24. The number of imidazole rings is 1. The lowest BCUT2D eigenvalue weighted by Crippen LogP contribution is -2.33. The summed E-state index contributed by atoms with van der Waals surface area (Å²) in [6.07, 6.45) is 7.08. The van der Waals surface area contributed by atoms with E-state index in [0.717, 1.165) is 25.9 Å². The fourth-order valence-electron chi connectivity index (χ4n) is 2.97. The molecule has 0 saturated heterocycles. The molecule has 0 atom stereocenters. The van der Waals surface area contributed by atoms with Gasteiger partial charge in [-0.2, -0.15) is 0 Å². The minimum Gasteiger partial charge on any atom is -0.337 e. The molecule has 2 aromatic heterocycles. The van der Waals surface area contributed by atoms with Crippen molar-refractivity contribution in [2.24, 2.45) is 0 Å². The minimum absolute atomic E-state index is 0.0155.